The molecule has 3 aliphatic heterocycles. The van der Waals surface area contributed by atoms with Crippen LogP contribution in [-0.4, -0.2) is 59.0 Å². The molecule has 186 valence electrons. The summed E-state index contributed by atoms with van der Waals surface area (Å²) in [7, 11) is 0. The Bertz CT molecular complexity index is 1370. The first-order valence-corrected chi connectivity index (χ1v) is 13.3. The molecule has 4 aliphatic rings. The van der Waals surface area contributed by atoms with Crippen LogP contribution in [0.3, 0.4) is 0 Å². The molecule has 3 aromatic rings. The average Bonchev–Trinajstić information content (AvgIpc) is 3.38. The van der Waals surface area contributed by atoms with Crippen LogP contribution in [0.15, 0.2) is 30.5 Å². The van der Waals surface area contributed by atoms with E-state index in [1.54, 1.807) is 11.3 Å². The molecule has 0 spiro atoms. The zero-order valence-corrected chi connectivity index (χ0v) is 21.0. The van der Waals surface area contributed by atoms with Gasteiger partial charge in [-0.05, 0) is 48.1 Å². The number of aromatic nitrogens is 1. The van der Waals surface area contributed by atoms with Gasteiger partial charge in [0.15, 0.2) is 0 Å². The van der Waals surface area contributed by atoms with E-state index < -0.39 is 0 Å². The number of fused-ring (bicyclic) bond motifs is 4. The van der Waals surface area contributed by atoms with Gasteiger partial charge in [-0.15, -0.1) is 11.3 Å². The Kier molecular flexibility index (Phi) is 5.94. The van der Waals surface area contributed by atoms with Crippen LogP contribution in [0.2, 0.25) is 5.02 Å². The number of hydrogen-bond donors (Lipinski definition) is 2. The Morgan fingerprint density at radius 3 is 2.61 bits per heavy atom. The summed E-state index contributed by atoms with van der Waals surface area (Å²) in [6, 6.07) is 8.89. The van der Waals surface area contributed by atoms with Crippen LogP contribution < -0.4 is 10.2 Å². The Hall–Kier alpha value is -3.01. The molecule has 2 amide bonds. The van der Waals surface area contributed by atoms with Crippen molar-refractivity contribution in [3.8, 4) is 11.1 Å². The molecule has 10 heteroatoms. The highest BCUT2D eigenvalue weighted by Crippen LogP contribution is 2.58. The molecule has 2 N–H and O–H groups in total. The number of imide groups is 1. The number of anilines is 1. The molecule has 2 aromatic heterocycles. The lowest BCUT2D eigenvalue weighted by molar-refractivity contribution is -0.139. The van der Waals surface area contributed by atoms with Gasteiger partial charge in [-0.2, -0.15) is 0 Å². The van der Waals surface area contributed by atoms with Gasteiger partial charge < -0.3 is 15.3 Å². The van der Waals surface area contributed by atoms with E-state index in [0.717, 1.165) is 51.2 Å². The molecule has 0 radical (unpaired) electrons. The van der Waals surface area contributed by atoms with E-state index in [1.807, 2.05) is 12.3 Å². The Morgan fingerprint density at radius 2 is 1.92 bits per heavy atom. The second-order valence-corrected chi connectivity index (χ2v) is 11.3. The normalized spacial score (nSPS) is 22.6. The number of thiophene rings is 1. The number of benzene rings is 1. The van der Waals surface area contributed by atoms with Crippen molar-refractivity contribution in [1.29, 1.82) is 0 Å². The lowest BCUT2D eigenvalue weighted by atomic mass is 9.91. The minimum absolute atomic E-state index is 0.0849. The number of carbonyl (C=O) groups excluding carboxylic acids is 2. The highest BCUT2D eigenvalue weighted by atomic mass is 35.5. The molecule has 2 saturated heterocycles. The highest BCUT2D eigenvalue weighted by Gasteiger charge is 2.48. The van der Waals surface area contributed by atoms with E-state index in [1.165, 1.54) is 28.1 Å². The first-order chi connectivity index (χ1) is 17.5. The maximum atomic E-state index is 12.1. The summed E-state index contributed by atoms with van der Waals surface area (Å²) in [5.41, 5.74) is 5.92. The predicted molar refractivity (Wildman–Crippen MR) is 138 cm³/mol. The van der Waals surface area contributed by atoms with Crippen molar-refractivity contribution in [2.24, 2.45) is 5.92 Å². The third kappa shape index (κ3) is 3.95. The highest BCUT2D eigenvalue weighted by molar-refractivity contribution is 7.19. The monoisotopic (exact) mass is 524 g/mol. The predicted octanol–water partition coefficient (Wildman–Crippen LogP) is 3.86. The lowest BCUT2D eigenvalue weighted by Gasteiger charge is -2.44. The summed E-state index contributed by atoms with van der Waals surface area (Å²) in [5.74, 6) is 1.19. The molecule has 1 aromatic carbocycles. The van der Waals surface area contributed by atoms with Gasteiger partial charge in [0.2, 0.25) is 11.8 Å². The number of likely N-dealkylation sites (tertiary alicyclic amines) is 1. The van der Waals surface area contributed by atoms with E-state index in [9.17, 15) is 9.59 Å². The topological polar surface area (TPSA) is 103 Å². The second-order valence-electron chi connectivity index (χ2n) is 9.72. The maximum Gasteiger partial charge on any atom is 0.290 e. The van der Waals surface area contributed by atoms with Crippen molar-refractivity contribution in [3.05, 3.63) is 45.9 Å². The van der Waals surface area contributed by atoms with Crippen molar-refractivity contribution in [1.82, 2.24) is 15.2 Å². The number of amides is 2. The molecule has 36 heavy (non-hydrogen) atoms. The van der Waals surface area contributed by atoms with Crippen molar-refractivity contribution in [2.45, 2.75) is 37.8 Å². The minimum atomic E-state index is -0.250. The largest absolute Gasteiger partial charge is 0.483 e. The number of nitrogens with zero attached hydrogens (tertiary/aromatic N) is 3. The van der Waals surface area contributed by atoms with Crippen LogP contribution in [0.4, 0.5) is 5.69 Å². The van der Waals surface area contributed by atoms with Crippen molar-refractivity contribution < 1.29 is 19.5 Å². The second kappa shape index (κ2) is 9.14. The first-order valence-electron chi connectivity index (χ1n) is 12.1. The number of carboxylic acid groups (broad SMARTS) is 1. The maximum absolute atomic E-state index is 12.1. The van der Waals surface area contributed by atoms with E-state index in [2.05, 4.69) is 33.4 Å². The van der Waals surface area contributed by atoms with Crippen molar-refractivity contribution in [3.63, 3.8) is 0 Å². The van der Waals surface area contributed by atoms with Crippen molar-refractivity contribution in [2.75, 3.05) is 24.5 Å². The molecule has 2 atom stereocenters. The molecule has 8 nitrogen and oxygen atoms in total. The van der Waals surface area contributed by atoms with Crippen LogP contribution in [-0.2, 0) is 20.9 Å². The third-order valence-corrected chi connectivity index (χ3v) is 8.93. The molecule has 7 rings (SSSR count). The van der Waals surface area contributed by atoms with Crippen LogP contribution in [0.25, 0.3) is 21.3 Å². The van der Waals surface area contributed by atoms with E-state index in [0.29, 0.717) is 31.3 Å². The number of halogens is 1. The smallest absolute Gasteiger partial charge is 0.290 e. The number of hydrogen-bond acceptors (Lipinski definition) is 7. The minimum Gasteiger partial charge on any atom is -0.483 e. The SMILES string of the molecule is O=C1CCC(=O)N1Cc1cc2nccc(-c3cc(Cl)cc4c3N(C3CNC3)C[C@@H]3C[C@H]43)c2s1.O=CO. The van der Waals surface area contributed by atoms with Crippen LogP contribution in [0.5, 0.6) is 0 Å². The summed E-state index contributed by atoms with van der Waals surface area (Å²) in [4.78, 5) is 42.2. The van der Waals surface area contributed by atoms with Crippen LogP contribution in [0, 0.1) is 5.92 Å². The zero-order chi connectivity index (χ0) is 25.0. The van der Waals surface area contributed by atoms with Crippen molar-refractivity contribution >= 4 is 57.1 Å². The van der Waals surface area contributed by atoms with Gasteiger partial charge in [-0.25, -0.2) is 0 Å². The number of rotatable bonds is 4. The quantitative estimate of drug-likeness (QED) is 0.394. The fourth-order valence-electron chi connectivity index (χ4n) is 5.66. The fourth-order valence-corrected chi connectivity index (χ4v) is 7.02. The third-order valence-electron chi connectivity index (χ3n) is 7.57. The van der Waals surface area contributed by atoms with Gasteiger partial charge >= 0.3 is 0 Å². The molecule has 3 fully saturated rings. The molecule has 0 unspecified atom stereocenters. The Morgan fingerprint density at radius 1 is 1.17 bits per heavy atom. The molecule has 5 heterocycles. The summed E-state index contributed by atoms with van der Waals surface area (Å²) < 4.78 is 1.08. The zero-order valence-electron chi connectivity index (χ0n) is 19.4. The van der Waals surface area contributed by atoms with E-state index in [-0.39, 0.29) is 18.3 Å². The fraction of sp³-hybridized carbons (Fsp3) is 0.385. The van der Waals surface area contributed by atoms with E-state index in [4.69, 9.17) is 21.5 Å². The van der Waals surface area contributed by atoms with Crippen LogP contribution in [0.1, 0.15) is 35.6 Å². The van der Waals surface area contributed by atoms with Gasteiger partial charge in [0.25, 0.3) is 6.47 Å². The number of carbonyl (C=O) groups is 3. The number of nitrogens with one attached hydrogen (secondary N) is 1. The van der Waals surface area contributed by atoms with Gasteiger partial charge in [0.05, 0.1) is 22.8 Å². The summed E-state index contributed by atoms with van der Waals surface area (Å²) in [6.07, 6.45) is 3.73. The Balaban J connectivity index is 0.000000765. The molecule has 1 saturated carbocycles. The van der Waals surface area contributed by atoms with Crippen LogP contribution >= 0.6 is 22.9 Å². The van der Waals surface area contributed by atoms with Gasteiger partial charge in [0, 0.05) is 65.4 Å². The first kappa shape index (κ1) is 23.4. The molecule has 1 aliphatic carbocycles. The molecular formula is C26H25ClN4O4S. The summed E-state index contributed by atoms with van der Waals surface area (Å²) in [6.45, 7) is 3.23. The van der Waals surface area contributed by atoms with Gasteiger partial charge in [0.1, 0.15) is 0 Å². The summed E-state index contributed by atoms with van der Waals surface area (Å²) in [5, 5.41) is 11.1. The summed E-state index contributed by atoms with van der Waals surface area (Å²) >= 11 is 8.29. The lowest BCUT2D eigenvalue weighted by Crippen LogP contribution is -2.58. The molecule has 0 bridgehead atoms. The van der Waals surface area contributed by atoms with Gasteiger partial charge in [-0.1, -0.05) is 11.6 Å². The Labute approximate surface area is 216 Å². The standard InChI is InChI=1S/C25H23ClN4O2S.CH2O2/c26-14-6-19(24-20(7-14)18-5-13(18)11-29(24)15-9-27-10-15)17-3-4-28-21-8-16(33-25(17)21)12-30-22(31)1-2-23(30)32;2-1-3/h3-4,6-8,13,15,18,27H,1-2,5,9-12H2;1H,(H,2,3)/t13-,18-;/m0./s1. The molecular weight excluding hydrogens is 500 g/mol. The van der Waals surface area contributed by atoms with E-state index >= 15 is 0 Å². The van der Waals surface area contributed by atoms with Gasteiger partial charge in [-0.3, -0.25) is 24.3 Å². The number of pyridine rings is 1. The average molecular weight is 525 g/mol.